The highest BCUT2D eigenvalue weighted by Crippen LogP contribution is 2.32. The Morgan fingerprint density at radius 1 is 0.941 bits per heavy atom. The molecule has 3 aromatic carbocycles. The molecule has 1 saturated heterocycles. The number of rotatable bonds is 7. The maximum atomic E-state index is 12.2. The van der Waals surface area contributed by atoms with E-state index in [1.807, 2.05) is 73.7 Å². The molecule has 0 bridgehead atoms. The molecule has 172 valence electrons. The summed E-state index contributed by atoms with van der Waals surface area (Å²) in [7, 11) is 0. The van der Waals surface area contributed by atoms with Gasteiger partial charge in [0.05, 0.1) is 17.8 Å². The lowest BCUT2D eigenvalue weighted by atomic mass is 10.1. The highest BCUT2D eigenvalue weighted by Gasteiger charge is 2.20. The number of hydrogen-bond donors (Lipinski definition) is 0. The summed E-state index contributed by atoms with van der Waals surface area (Å²) < 4.78 is 17.6. The van der Waals surface area contributed by atoms with E-state index in [1.54, 1.807) is 4.90 Å². The molecule has 0 radical (unpaired) electrons. The molecule has 0 unspecified atom stereocenters. The van der Waals surface area contributed by atoms with E-state index in [0.29, 0.717) is 32.1 Å². The van der Waals surface area contributed by atoms with Gasteiger partial charge >= 0.3 is 0 Å². The Kier molecular flexibility index (Phi) is 6.40. The van der Waals surface area contributed by atoms with E-state index < -0.39 is 0 Å². The number of benzene rings is 3. The van der Waals surface area contributed by atoms with Crippen molar-refractivity contribution >= 4 is 22.5 Å². The van der Waals surface area contributed by atoms with Crippen LogP contribution in [0, 0.1) is 6.92 Å². The van der Waals surface area contributed by atoms with Gasteiger partial charge in [-0.1, -0.05) is 48.5 Å². The van der Waals surface area contributed by atoms with Crippen LogP contribution in [0.25, 0.3) is 10.9 Å². The normalized spacial score (nSPS) is 13.8. The molecule has 1 aliphatic heterocycles. The van der Waals surface area contributed by atoms with Crippen LogP contribution in [-0.2, 0) is 22.7 Å². The molecular formula is C28H26N2O4. The molecule has 6 nitrogen and oxygen atoms in total. The van der Waals surface area contributed by atoms with E-state index in [0.717, 1.165) is 39.2 Å². The molecular weight excluding hydrogens is 428 g/mol. The number of pyridine rings is 1. The molecule has 0 N–H and O–H groups in total. The van der Waals surface area contributed by atoms with E-state index in [4.69, 9.17) is 19.2 Å². The maximum Gasteiger partial charge on any atom is 0.253 e. The second-order valence-corrected chi connectivity index (χ2v) is 8.19. The number of amides is 1. The molecule has 1 aliphatic rings. The zero-order valence-corrected chi connectivity index (χ0v) is 19.1. The van der Waals surface area contributed by atoms with Gasteiger partial charge < -0.3 is 19.1 Å². The van der Waals surface area contributed by atoms with Gasteiger partial charge in [-0.2, -0.15) is 0 Å². The third kappa shape index (κ3) is 4.72. The summed E-state index contributed by atoms with van der Waals surface area (Å²) in [6.07, 6.45) is 0. The van der Waals surface area contributed by atoms with Gasteiger partial charge in [0.1, 0.15) is 31.3 Å². The lowest BCUT2D eigenvalue weighted by molar-refractivity contribution is -0.125. The van der Waals surface area contributed by atoms with Gasteiger partial charge in [-0.05, 0) is 36.8 Å². The Morgan fingerprint density at radius 3 is 2.62 bits per heavy atom. The molecule has 2 heterocycles. The predicted molar refractivity (Wildman–Crippen MR) is 131 cm³/mol. The molecule has 0 spiro atoms. The van der Waals surface area contributed by atoms with E-state index in [1.165, 1.54) is 0 Å². The summed E-state index contributed by atoms with van der Waals surface area (Å²) in [5, 5.41) is 0.979. The molecule has 1 fully saturated rings. The van der Waals surface area contributed by atoms with Crippen LogP contribution in [0.3, 0.4) is 0 Å². The first-order chi connectivity index (χ1) is 16.7. The number of aromatic nitrogens is 1. The Bertz CT molecular complexity index is 1310. The monoisotopic (exact) mass is 454 g/mol. The zero-order valence-electron chi connectivity index (χ0n) is 19.1. The van der Waals surface area contributed by atoms with Crippen molar-refractivity contribution in [2.75, 3.05) is 24.7 Å². The highest BCUT2D eigenvalue weighted by atomic mass is 16.5. The van der Waals surface area contributed by atoms with E-state index in [9.17, 15) is 4.79 Å². The molecule has 4 aromatic rings. The second-order valence-electron chi connectivity index (χ2n) is 8.19. The minimum absolute atomic E-state index is 0.0457. The lowest BCUT2D eigenvalue weighted by Crippen LogP contribution is -2.41. The van der Waals surface area contributed by atoms with Gasteiger partial charge in [0.15, 0.2) is 0 Å². The molecule has 0 aliphatic carbocycles. The Balaban J connectivity index is 1.38. The van der Waals surface area contributed by atoms with Crippen molar-refractivity contribution < 1.29 is 19.0 Å². The summed E-state index contributed by atoms with van der Waals surface area (Å²) in [4.78, 5) is 18.8. The van der Waals surface area contributed by atoms with Gasteiger partial charge in [0.2, 0.25) is 0 Å². The molecule has 5 rings (SSSR count). The van der Waals surface area contributed by atoms with Crippen molar-refractivity contribution in [1.29, 1.82) is 0 Å². The first-order valence-electron chi connectivity index (χ1n) is 11.3. The minimum atomic E-state index is -0.0457. The number of fused-ring (bicyclic) bond motifs is 1. The maximum absolute atomic E-state index is 12.2. The number of morpholine rings is 1. The van der Waals surface area contributed by atoms with E-state index in [2.05, 4.69) is 12.1 Å². The van der Waals surface area contributed by atoms with Gasteiger partial charge in [0.25, 0.3) is 5.91 Å². The third-order valence-corrected chi connectivity index (χ3v) is 5.89. The lowest BCUT2D eigenvalue weighted by Gasteiger charge is -2.27. The number of para-hydroxylation sites is 1. The average molecular weight is 455 g/mol. The highest BCUT2D eigenvalue weighted by molar-refractivity contribution is 5.95. The number of carbonyl (C=O) groups is 1. The van der Waals surface area contributed by atoms with Crippen LogP contribution in [0.1, 0.15) is 16.8 Å². The van der Waals surface area contributed by atoms with E-state index in [-0.39, 0.29) is 12.5 Å². The molecule has 6 heteroatoms. The topological polar surface area (TPSA) is 60.9 Å². The van der Waals surface area contributed by atoms with Crippen LogP contribution >= 0.6 is 0 Å². The minimum Gasteiger partial charge on any atom is -0.488 e. The van der Waals surface area contributed by atoms with Gasteiger partial charge in [-0.3, -0.25) is 4.79 Å². The summed E-state index contributed by atoms with van der Waals surface area (Å²) in [5.74, 6) is 1.45. The Morgan fingerprint density at radius 2 is 1.76 bits per heavy atom. The first kappa shape index (κ1) is 21.9. The van der Waals surface area contributed by atoms with Gasteiger partial charge in [-0.15, -0.1) is 0 Å². The van der Waals surface area contributed by atoms with Crippen molar-refractivity contribution in [2.24, 2.45) is 0 Å². The standard InChI is InChI=1S/C28H26N2O4/c1-20-26(18-33-23-11-7-10-22(16-23)30-14-15-32-19-27(30)31)29-25-13-6-5-12-24(25)28(20)34-17-21-8-3-2-4-9-21/h2-13,16H,14-15,17-19H2,1H3. The first-order valence-corrected chi connectivity index (χ1v) is 11.3. The molecule has 1 aromatic heterocycles. The largest absolute Gasteiger partial charge is 0.488 e. The predicted octanol–water partition coefficient (Wildman–Crippen LogP) is 5.06. The Labute approximate surface area is 198 Å². The molecule has 0 saturated carbocycles. The number of hydrogen-bond acceptors (Lipinski definition) is 5. The van der Waals surface area contributed by atoms with Crippen LogP contribution in [0.2, 0.25) is 0 Å². The fourth-order valence-electron chi connectivity index (χ4n) is 4.07. The van der Waals surface area contributed by atoms with Crippen molar-refractivity contribution in [3.63, 3.8) is 0 Å². The fourth-order valence-corrected chi connectivity index (χ4v) is 4.07. The smallest absolute Gasteiger partial charge is 0.253 e. The average Bonchev–Trinajstić information content (AvgIpc) is 2.88. The van der Waals surface area contributed by atoms with Crippen molar-refractivity contribution in [3.05, 3.63) is 95.7 Å². The van der Waals surface area contributed by atoms with Crippen molar-refractivity contribution in [3.8, 4) is 11.5 Å². The SMILES string of the molecule is Cc1c(COc2cccc(N3CCOCC3=O)c2)nc2ccccc2c1OCc1ccccc1. The Hall–Kier alpha value is -3.90. The second kappa shape index (κ2) is 9.93. The van der Waals surface area contributed by atoms with E-state index >= 15 is 0 Å². The number of ether oxygens (including phenoxy) is 3. The molecule has 34 heavy (non-hydrogen) atoms. The van der Waals surface area contributed by atoms with Crippen LogP contribution in [0.15, 0.2) is 78.9 Å². The van der Waals surface area contributed by atoms with Crippen LogP contribution in [0.5, 0.6) is 11.5 Å². The van der Waals surface area contributed by atoms with Crippen molar-refractivity contribution in [1.82, 2.24) is 4.98 Å². The fraction of sp³-hybridized carbons (Fsp3) is 0.214. The molecule has 1 amide bonds. The van der Waals surface area contributed by atoms with Gasteiger partial charge in [-0.25, -0.2) is 4.98 Å². The quantitative estimate of drug-likeness (QED) is 0.390. The molecule has 0 atom stereocenters. The number of nitrogens with zero attached hydrogens (tertiary/aromatic N) is 2. The van der Waals surface area contributed by atoms with Gasteiger partial charge in [0, 0.05) is 29.2 Å². The summed E-state index contributed by atoms with van der Waals surface area (Å²) in [6, 6.07) is 25.7. The summed E-state index contributed by atoms with van der Waals surface area (Å²) in [5.41, 5.74) is 4.54. The number of anilines is 1. The third-order valence-electron chi connectivity index (χ3n) is 5.89. The van der Waals surface area contributed by atoms with Crippen LogP contribution < -0.4 is 14.4 Å². The van der Waals surface area contributed by atoms with Crippen LogP contribution in [-0.4, -0.2) is 30.6 Å². The number of carbonyl (C=O) groups excluding carboxylic acids is 1. The van der Waals surface area contributed by atoms with Crippen LogP contribution in [0.4, 0.5) is 5.69 Å². The van der Waals surface area contributed by atoms with Crippen molar-refractivity contribution in [2.45, 2.75) is 20.1 Å². The summed E-state index contributed by atoms with van der Waals surface area (Å²) in [6.45, 7) is 3.96. The zero-order chi connectivity index (χ0) is 23.3. The summed E-state index contributed by atoms with van der Waals surface area (Å²) >= 11 is 0.